The Balaban J connectivity index is 1.70. The number of alkyl halides is 3. The lowest BCUT2D eigenvalue weighted by atomic mass is 9.83. The van der Waals surface area contributed by atoms with E-state index in [9.17, 15) is 18.3 Å². The topological polar surface area (TPSA) is 73.1 Å². The Morgan fingerprint density at radius 2 is 1.74 bits per heavy atom. The summed E-state index contributed by atoms with van der Waals surface area (Å²) in [6.07, 6.45) is -0.175. The first kappa shape index (κ1) is 25.7. The van der Waals surface area contributed by atoms with E-state index in [1.54, 1.807) is 29.8 Å². The second kappa shape index (κ2) is 9.74. The van der Waals surface area contributed by atoms with Crippen LogP contribution >= 0.6 is 11.6 Å². The Hall–Kier alpha value is -3.95. The highest BCUT2D eigenvalue weighted by Gasteiger charge is 2.39. The molecule has 38 heavy (non-hydrogen) atoms. The predicted octanol–water partition coefficient (Wildman–Crippen LogP) is 5.92. The van der Waals surface area contributed by atoms with Gasteiger partial charge < -0.3 is 14.4 Å². The van der Waals surface area contributed by atoms with Crippen LogP contribution in [-0.2, 0) is 25.2 Å². The number of nitrogens with zero attached hydrogens (tertiary/aromatic N) is 4. The quantitative estimate of drug-likeness (QED) is 0.290. The predicted molar refractivity (Wildman–Crippen MR) is 137 cm³/mol. The Bertz CT molecular complexity index is 1610. The van der Waals surface area contributed by atoms with Crippen molar-refractivity contribution >= 4 is 22.5 Å². The molecule has 3 heterocycles. The van der Waals surface area contributed by atoms with Crippen molar-refractivity contribution in [2.24, 2.45) is 7.05 Å². The summed E-state index contributed by atoms with van der Waals surface area (Å²) in [5, 5.41) is 13.1. The van der Waals surface area contributed by atoms with Crippen LogP contribution in [0.15, 0.2) is 79.4 Å². The van der Waals surface area contributed by atoms with Crippen LogP contribution in [-0.4, -0.2) is 31.7 Å². The number of ether oxygens (including phenoxy) is 1. The van der Waals surface area contributed by atoms with E-state index in [1.165, 1.54) is 25.7 Å². The molecule has 5 rings (SSSR count). The third-order valence-corrected chi connectivity index (χ3v) is 6.90. The van der Waals surface area contributed by atoms with Gasteiger partial charge in [-0.3, -0.25) is 4.98 Å². The lowest BCUT2D eigenvalue weighted by molar-refractivity contribution is -0.141. The first-order valence-corrected chi connectivity index (χ1v) is 11.9. The molecule has 0 radical (unpaired) electrons. The Morgan fingerprint density at radius 1 is 1.00 bits per heavy atom. The molecule has 10 heteroatoms. The van der Waals surface area contributed by atoms with E-state index in [0.29, 0.717) is 45.0 Å². The van der Waals surface area contributed by atoms with Crippen LogP contribution in [0.25, 0.3) is 10.9 Å². The van der Waals surface area contributed by atoms with Crippen LogP contribution in [0.4, 0.5) is 13.2 Å². The zero-order chi connectivity index (χ0) is 27.1. The molecule has 0 spiro atoms. The van der Waals surface area contributed by atoms with Gasteiger partial charge in [0.15, 0.2) is 5.60 Å². The molecular weight excluding hydrogens is 517 g/mol. The normalized spacial score (nSPS) is 13.4. The smallest absolute Gasteiger partial charge is 0.433 e. The van der Waals surface area contributed by atoms with E-state index in [4.69, 9.17) is 16.3 Å². The van der Waals surface area contributed by atoms with Gasteiger partial charge in [-0.1, -0.05) is 54.1 Å². The number of aliphatic hydroxyl groups is 1. The van der Waals surface area contributed by atoms with Gasteiger partial charge in [0.1, 0.15) is 5.69 Å². The fourth-order valence-corrected chi connectivity index (χ4v) is 4.83. The maximum absolute atomic E-state index is 13.2. The van der Waals surface area contributed by atoms with E-state index in [-0.39, 0.29) is 5.56 Å². The SMILES string of the molecule is COc1nc2ccc(C(O)(c3ccc(C(F)(F)F)nc3)c3cncn3C)cc2c(Cl)c1Cc1ccccc1. The highest BCUT2D eigenvalue weighted by molar-refractivity contribution is 6.36. The Labute approximate surface area is 221 Å². The number of halogens is 4. The van der Waals surface area contributed by atoms with Crippen molar-refractivity contribution in [3.63, 3.8) is 0 Å². The zero-order valence-electron chi connectivity index (χ0n) is 20.4. The van der Waals surface area contributed by atoms with Crippen LogP contribution in [0.3, 0.4) is 0 Å². The molecule has 0 amide bonds. The average Bonchev–Trinajstić information content (AvgIpc) is 3.36. The maximum atomic E-state index is 13.2. The van der Waals surface area contributed by atoms with Gasteiger partial charge in [-0.05, 0) is 29.3 Å². The number of rotatable bonds is 6. The Kier molecular flexibility index (Phi) is 6.58. The molecule has 0 aliphatic heterocycles. The van der Waals surface area contributed by atoms with Gasteiger partial charge in [0.2, 0.25) is 5.88 Å². The van der Waals surface area contributed by atoms with Crippen molar-refractivity contribution in [1.82, 2.24) is 19.5 Å². The molecule has 1 N–H and O–H groups in total. The maximum Gasteiger partial charge on any atom is 0.433 e. The fraction of sp³-hybridized carbons (Fsp3) is 0.179. The summed E-state index contributed by atoms with van der Waals surface area (Å²) in [6, 6.07) is 16.8. The van der Waals surface area contributed by atoms with Gasteiger partial charge in [-0.2, -0.15) is 13.2 Å². The summed E-state index contributed by atoms with van der Waals surface area (Å²) < 4.78 is 46.7. The van der Waals surface area contributed by atoms with Crippen LogP contribution in [0.5, 0.6) is 5.88 Å². The van der Waals surface area contributed by atoms with Crippen LogP contribution in [0, 0.1) is 0 Å². The molecule has 0 aliphatic carbocycles. The first-order valence-electron chi connectivity index (χ1n) is 11.6. The van der Waals surface area contributed by atoms with Crippen LogP contribution < -0.4 is 4.74 Å². The molecule has 1 atom stereocenters. The minimum Gasteiger partial charge on any atom is -0.481 e. The summed E-state index contributed by atoms with van der Waals surface area (Å²) >= 11 is 6.91. The third-order valence-electron chi connectivity index (χ3n) is 6.47. The van der Waals surface area contributed by atoms with E-state index in [1.807, 2.05) is 30.3 Å². The minimum absolute atomic E-state index is 0.135. The monoisotopic (exact) mass is 538 g/mol. The summed E-state index contributed by atoms with van der Waals surface area (Å²) in [6.45, 7) is 0. The number of fused-ring (bicyclic) bond motifs is 1. The third kappa shape index (κ3) is 4.48. The lowest BCUT2D eigenvalue weighted by Crippen LogP contribution is -2.31. The molecule has 5 aromatic rings. The first-order chi connectivity index (χ1) is 18.1. The van der Waals surface area contributed by atoms with Gasteiger partial charge >= 0.3 is 6.18 Å². The molecule has 2 aromatic carbocycles. The number of pyridine rings is 2. The van der Waals surface area contributed by atoms with Crippen molar-refractivity contribution in [3.8, 4) is 5.88 Å². The zero-order valence-corrected chi connectivity index (χ0v) is 21.1. The van der Waals surface area contributed by atoms with Crippen molar-refractivity contribution in [3.05, 3.63) is 118 Å². The van der Waals surface area contributed by atoms with Gasteiger partial charge in [-0.15, -0.1) is 0 Å². The molecule has 3 aromatic heterocycles. The van der Waals surface area contributed by atoms with Crippen LogP contribution in [0.1, 0.15) is 33.6 Å². The molecule has 1 unspecified atom stereocenters. The number of hydrogen-bond donors (Lipinski definition) is 1. The lowest BCUT2D eigenvalue weighted by Gasteiger charge is -2.30. The standard InChI is InChI=1S/C28H22ClF3N4O2/c1-36-16-33-15-24(36)27(37,19-9-11-23(34-14-19)28(30,31)32)18-8-10-22-20(13-18)25(29)21(26(35-22)38-2)12-17-6-4-3-5-7-17/h3-11,13-16,37H,12H2,1-2H3. The molecule has 0 saturated carbocycles. The summed E-state index contributed by atoms with van der Waals surface area (Å²) in [4.78, 5) is 12.3. The number of methoxy groups -OCH3 is 1. The van der Waals surface area contributed by atoms with Gasteiger partial charge in [-0.25, -0.2) is 9.97 Å². The minimum atomic E-state index is -4.61. The van der Waals surface area contributed by atoms with Gasteiger partial charge in [0.25, 0.3) is 0 Å². The Morgan fingerprint density at radius 3 is 2.34 bits per heavy atom. The summed E-state index contributed by atoms with van der Waals surface area (Å²) in [7, 11) is 3.20. The highest BCUT2D eigenvalue weighted by Crippen LogP contribution is 2.41. The second-order valence-electron chi connectivity index (χ2n) is 8.84. The van der Waals surface area contributed by atoms with Crippen LogP contribution in [0.2, 0.25) is 5.02 Å². The van der Waals surface area contributed by atoms with E-state index in [0.717, 1.165) is 17.8 Å². The molecule has 6 nitrogen and oxygen atoms in total. The fourth-order valence-electron chi connectivity index (χ4n) is 4.53. The van der Waals surface area contributed by atoms with Gasteiger partial charge in [0, 0.05) is 36.2 Å². The summed E-state index contributed by atoms with van der Waals surface area (Å²) in [5.41, 5.74) is 0.0879. The molecule has 194 valence electrons. The largest absolute Gasteiger partial charge is 0.481 e. The highest BCUT2D eigenvalue weighted by atomic mass is 35.5. The molecule has 0 bridgehead atoms. The molecule has 0 saturated heterocycles. The summed E-state index contributed by atoms with van der Waals surface area (Å²) in [5.74, 6) is 0.382. The van der Waals surface area contributed by atoms with Crippen molar-refractivity contribution in [1.29, 1.82) is 0 Å². The van der Waals surface area contributed by atoms with E-state index < -0.39 is 17.5 Å². The van der Waals surface area contributed by atoms with Gasteiger partial charge in [0.05, 0.1) is 35.9 Å². The number of hydrogen-bond acceptors (Lipinski definition) is 5. The van der Waals surface area contributed by atoms with E-state index in [2.05, 4.69) is 15.0 Å². The number of benzene rings is 2. The second-order valence-corrected chi connectivity index (χ2v) is 9.22. The van der Waals surface area contributed by atoms with Crippen molar-refractivity contribution < 1.29 is 23.0 Å². The van der Waals surface area contributed by atoms with E-state index >= 15 is 0 Å². The number of imidazole rings is 1. The average molecular weight is 539 g/mol. The molecule has 0 aliphatic rings. The van der Waals surface area contributed by atoms with Crippen molar-refractivity contribution in [2.45, 2.75) is 18.2 Å². The number of aryl methyl sites for hydroxylation is 1. The van der Waals surface area contributed by atoms with Crippen molar-refractivity contribution in [2.75, 3.05) is 7.11 Å². The number of aromatic nitrogens is 4. The molecular formula is C28H22ClF3N4O2. The molecule has 0 fully saturated rings.